The van der Waals surface area contributed by atoms with Gasteiger partial charge in [0.2, 0.25) is 5.91 Å². The lowest BCUT2D eigenvalue weighted by molar-refractivity contribution is -0.117. The summed E-state index contributed by atoms with van der Waals surface area (Å²) in [5.74, 6) is -0.347. The Balaban J connectivity index is 2.66. The molecular formula is C14H21N3O2. The van der Waals surface area contributed by atoms with Crippen molar-refractivity contribution in [1.29, 1.82) is 0 Å². The van der Waals surface area contributed by atoms with E-state index in [1.165, 1.54) is 0 Å². The Hall–Kier alpha value is -1.88. The van der Waals surface area contributed by atoms with Gasteiger partial charge in [0.05, 0.1) is 6.04 Å². The van der Waals surface area contributed by atoms with E-state index in [2.05, 4.69) is 10.6 Å². The lowest BCUT2D eigenvalue weighted by Crippen LogP contribution is -2.34. The highest BCUT2D eigenvalue weighted by molar-refractivity contribution is 5.97. The molecule has 2 amide bonds. The van der Waals surface area contributed by atoms with Gasteiger partial charge in [0.1, 0.15) is 0 Å². The summed E-state index contributed by atoms with van der Waals surface area (Å²) in [6.45, 7) is 5.65. The highest BCUT2D eigenvalue weighted by Crippen LogP contribution is 2.10. The molecule has 0 aliphatic rings. The molecule has 1 unspecified atom stereocenters. The standard InChI is InChI=1S/C14H21N3O2/c1-4-12(15)14(19)17-11-7-5-10(6-8-11)13(18)16-9(2)3/h5-9,12H,4,15H2,1-3H3,(H,16,18)(H,17,19). The molecule has 19 heavy (non-hydrogen) atoms. The first-order chi connectivity index (χ1) is 8.93. The second kappa shape index (κ2) is 6.89. The van der Waals surface area contributed by atoms with Crippen LogP contribution in [-0.2, 0) is 4.79 Å². The van der Waals surface area contributed by atoms with Gasteiger partial charge in [-0.05, 0) is 44.5 Å². The van der Waals surface area contributed by atoms with Gasteiger partial charge in [0.25, 0.3) is 5.91 Å². The maximum Gasteiger partial charge on any atom is 0.251 e. The predicted molar refractivity (Wildman–Crippen MR) is 75.9 cm³/mol. The molecule has 0 saturated heterocycles. The monoisotopic (exact) mass is 263 g/mol. The molecule has 0 aliphatic heterocycles. The summed E-state index contributed by atoms with van der Waals surface area (Å²) < 4.78 is 0. The molecule has 0 bridgehead atoms. The smallest absolute Gasteiger partial charge is 0.251 e. The molecule has 5 heteroatoms. The Morgan fingerprint density at radius 3 is 2.26 bits per heavy atom. The van der Waals surface area contributed by atoms with Crippen LogP contribution in [-0.4, -0.2) is 23.9 Å². The molecular weight excluding hydrogens is 242 g/mol. The number of rotatable bonds is 5. The van der Waals surface area contributed by atoms with Crippen LogP contribution in [0.4, 0.5) is 5.69 Å². The molecule has 0 saturated carbocycles. The number of carbonyl (C=O) groups excluding carboxylic acids is 2. The Morgan fingerprint density at radius 2 is 1.79 bits per heavy atom. The quantitative estimate of drug-likeness (QED) is 0.752. The fourth-order valence-electron chi connectivity index (χ4n) is 1.47. The van der Waals surface area contributed by atoms with Gasteiger partial charge in [-0.2, -0.15) is 0 Å². The summed E-state index contributed by atoms with van der Waals surface area (Å²) in [7, 11) is 0. The maximum atomic E-state index is 11.7. The van der Waals surface area contributed by atoms with E-state index in [0.29, 0.717) is 17.7 Å². The summed E-state index contributed by atoms with van der Waals surface area (Å²) >= 11 is 0. The minimum Gasteiger partial charge on any atom is -0.350 e. The fraction of sp³-hybridized carbons (Fsp3) is 0.429. The summed E-state index contributed by atoms with van der Waals surface area (Å²) in [5.41, 5.74) is 6.82. The average Bonchev–Trinajstić information content (AvgIpc) is 2.37. The number of hydrogen-bond acceptors (Lipinski definition) is 3. The molecule has 4 N–H and O–H groups in total. The third-order valence-corrected chi connectivity index (χ3v) is 2.61. The van der Waals surface area contributed by atoms with E-state index < -0.39 is 6.04 Å². The number of carbonyl (C=O) groups is 2. The average molecular weight is 263 g/mol. The Kier molecular flexibility index (Phi) is 5.51. The van der Waals surface area contributed by atoms with Crippen LogP contribution >= 0.6 is 0 Å². The zero-order chi connectivity index (χ0) is 14.4. The second-order valence-corrected chi connectivity index (χ2v) is 4.71. The van der Waals surface area contributed by atoms with Gasteiger partial charge in [-0.25, -0.2) is 0 Å². The lowest BCUT2D eigenvalue weighted by Gasteiger charge is -2.11. The Bertz CT molecular complexity index is 441. The summed E-state index contributed by atoms with van der Waals surface area (Å²) in [4.78, 5) is 23.3. The van der Waals surface area contributed by atoms with Crippen LogP contribution in [0.15, 0.2) is 24.3 Å². The third kappa shape index (κ3) is 4.71. The molecule has 1 atom stereocenters. The number of amides is 2. The van der Waals surface area contributed by atoms with Gasteiger partial charge in [0.15, 0.2) is 0 Å². The predicted octanol–water partition coefficient (Wildman–Crippen LogP) is 1.50. The van der Waals surface area contributed by atoms with Crippen LogP contribution < -0.4 is 16.4 Å². The van der Waals surface area contributed by atoms with E-state index >= 15 is 0 Å². The van der Waals surface area contributed by atoms with Crippen molar-refractivity contribution in [2.45, 2.75) is 39.3 Å². The van der Waals surface area contributed by atoms with Crippen LogP contribution in [0.1, 0.15) is 37.6 Å². The Morgan fingerprint density at radius 1 is 1.21 bits per heavy atom. The van der Waals surface area contributed by atoms with Gasteiger partial charge in [-0.1, -0.05) is 6.92 Å². The van der Waals surface area contributed by atoms with Crippen LogP contribution in [0.2, 0.25) is 0 Å². The van der Waals surface area contributed by atoms with Crippen LogP contribution in [0.5, 0.6) is 0 Å². The minimum absolute atomic E-state index is 0.0921. The van der Waals surface area contributed by atoms with E-state index in [1.807, 2.05) is 20.8 Å². The minimum atomic E-state index is -0.510. The largest absolute Gasteiger partial charge is 0.350 e. The summed E-state index contributed by atoms with van der Waals surface area (Å²) in [6.07, 6.45) is 0.584. The van der Waals surface area contributed by atoms with Gasteiger partial charge in [-0.15, -0.1) is 0 Å². The normalized spacial score (nSPS) is 12.1. The molecule has 5 nitrogen and oxygen atoms in total. The number of hydrogen-bond donors (Lipinski definition) is 3. The van der Waals surface area contributed by atoms with Crippen molar-refractivity contribution < 1.29 is 9.59 Å². The summed E-state index contributed by atoms with van der Waals surface area (Å²) in [6, 6.07) is 6.30. The molecule has 0 aromatic heterocycles. The van der Waals surface area contributed by atoms with Gasteiger partial charge >= 0.3 is 0 Å². The molecule has 0 heterocycles. The first-order valence-electron chi connectivity index (χ1n) is 6.41. The first-order valence-corrected chi connectivity index (χ1v) is 6.41. The highest BCUT2D eigenvalue weighted by atomic mass is 16.2. The molecule has 0 radical (unpaired) electrons. The van der Waals surface area contributed by atoms with E-state index in [0.717, 1.165) is 0 Å². The number of nitrogens with two attached hydrogens (primary N) is 1. The van der Waals surface area contributed by atoms with Crippen molar-refractivity contribution in [2.75, 3.05) is 5.32 Å². The maximum absolute atomic E-state index is 11.7. The molecule has 104 valence electrons. The first kappa shape index (κ1) is 15.2. The van der Waals surface area contributed by atoms with Crippen molar-refractivity contribution in [3.8, 4) is 0 Å². The van der Waals surface area contributed by atoms with Crippen molar-refractivity contribution in [3.63, 3.8) is 0 Å². The highest BCUT2D eigenvalue weighted by Gasteiger charge is 2.11. The van der Waals surface area contributed by atoms with Crippen LogP contribution in [0.25, 0.3) is 0 Å². The van der Waals surface area contributed by atoms with E-state index in [9.17, 15) is 9.59 Å². The topological polar surface area (TPSA) is 84.2 Å². The Labute approximate surface area is 113 Å². The molecule has 0 aliphatic carbocycles. The lowest BCUT2D eigenvalue weighted by atomic mass is 10.1. The van der Waals surface area contributed by atoms with Crippen LogP contribution in [0, 0.1) is 0 Å². The SMILES string of the molecule is CCC(N)C(=O)Nc1ccc(C(=O)NC(C)C)cc1. The van der Waals surface area contributed by atoms with Gasteiger partial charge in [-0.3, -0.25) is 9.59 Å². The molecule has 0 fully saturated rings. The number of anilines is 1. The molecule has 1 aromatic rings. The number of benzene rings is 1. The summed E-state index contributed by atoms with van der Waals surface area (Å²) in [5, 5.41) is 5.50. The van der Waals surface area contributed by atoms with Crippen molar-refractivity contribution in [1.82, 2.24) is 5.32 Å². The van der Waals surface area contributed by atoms with Crippen LogP contribution in [0.3, 0.4) is 0 Å². The second-order valence-electron chi connectivity index (χ2n) is 4.71. The zero-order valence-electron chi connectivity index (χ0n) is 11.6. The van der Waals surface area contributed by atoms with E-state index in [4.69, 9.17) is 5.73 Å². The third-order valence-electron chi connectivity index (χ3n) is 2.61. The van der Waals surface area contributed by atoms with Gasteiger partial charge < -0.3 is 16.4 Å². The molecule has 0 spiro atoms. The molecule has 1 aromatic carbocycles. The van der Waals surface area contributed by atoms with E-state index in [-0.39, 0.29) is 17.9 Å². The zero-order valence-corrected chi connectivity index (χ0v) is 11.6. The van der Waals surface area contributed by atoms with Crippen molar-refractivity contribution >= 4 is 17.5 Å². The molecule has 1 rings (SSSR count). The number of nitrogens with one attached hydrogen (secondary N) is 2. The van der Waals surface area contributed by atoms with Crippen molar-refractivity contribution in [2.24, 2.45) is 5.73 Å². The fourth-order valence-corrected chi connectivity index (χ4v) is 1.47. The van der Waals surface area contributed by atoms with Gasteiger partial charge in [0, 0.05) is 17.3 Å². The van der Waals surface area contributed by atoms with E-state index in [1.54, 1.807) is 24.3 Å². The van der Waals surface area contributed by atoms with Crippen molar-refractivity contribution in [3.05, 3.63) is 29.8 Å².